The van der Waals surface area contributed by atoms with Crippen LogP contribution in [0, 0.1) is 0 Å². The molecular weight excluding hydrogens is 224 g/mol. The van der Waals surface area contributed by atoms with E-state index in [0.717, 1.165) is 13.1 Å². The number of hydrazine groups is 1. The molecule has 1 fully saturated rings. The highest BCUT2D eigenvalue weighted by molar-refractivity contribution is 5.75. The molecular formula is C10H20N4O3. The molecule has 1 aliphatic heterocycles. The van der Waals surface area contributed by atoms with E-state index < -0.39 is 0 Å². The Bertz CT molecular complexity index is 264. The molecule has 0 aromatic rings. The molecule has 1 saturated heterocycles. The van der Waals surface area contributed by atoms with Crippen LogP contribution in [0.3, 0.4) is 0 Å². The summed E-state index contributed by atoms with van der Waals surface area (Å²) in [4.78, 5) is 26.2. The first kappa shape index (κ1) is 13.7. The molecule has 7 heteroatoms. The Morgan fingerprint density at radius 3 is 2.47 bits per heavy atom. The van der Waals surface area contributed by atoms with Crippen molar-refractivity contribution in [3.8, 4) is 0 Å². The lowest BCUT2D eigenvalue weighted by Crippen LogP contribution is -2.49. The lowest BCUT2D eigenvalue weighted by Gasteiger charge is -2.33. The molecule has 0 saturated carbocycles. The minimum absolute atomic E-state index is 0.169. The zero-order valence-corrected chi connectivity index (χ0v) is 10.1. The molecule has 7 nitrogen and oxygen atoms in total. The van der Waals surface area contributed by atoms with Crippen molar-refractivity contribution < 1.29 is 14.3 Å². The average molecular weight is 244 g/mol. The minimum atomic E-state index is -0.258. The first-order valence-corrected chi connectivity index (χ1v) is 5.81. The monoisotopic (exact) mass is 244 g/mol. The van der Waals surface area contributed by atoms with Gasteiger partial charge in [-0.25, -0.2) is 10.6 Å². The Balaban J connectivity index is 2.21. The normalized spacial score (nSPS) is 16.7. The van der Waals surface area contributed by atoms with Gasteiger partial charge in [0, 0.05) is 39.1 Å². The van der Waals surface area contributed by atoms with E-state index >= 15 is 0 Å². The van der Waals surface area contributed by atoms with Crippen molar-refractivity contribution in [3.63, 3.8) is 0 Å². The second-order valence-electron chi connectivity index (χ2n) is 3.85. The van der Waals surface area contributed by atoms with Crippen LogP contribution in [0.2, 0.25) is 0 Å². The van der Waals surface area contributed by atoms with Crippen LogP contribution in [0.5, 0.6) is 0 Å². The number of nitrogens with one attached hydrogen (secondary N) is 1. The summed E-state index contributed by atoms with van der Waals surface area (Å²) in [6, 6.07) is 0. The molecule has 0 unspecified atom stereocenters. The molecule has 0 aliphatic carbocycles. The third-order valence-corrected chi connectivity index (χ3v) is 2.71. The number of nitrogens with two attached hydrogens (primary N) is 1. The summed E-state index contributed by atoms with van der Waals surface area (Å²) in [5.41, 5.74) is 2.10. The standard InChI is InChI=1S/C10H20N4O3/c1-2-17-10(16)14-7-5-13(6-8-14)4-3-9(15)12-11/h2-8,11H2,1H3,(H,12,15). The number of carbonyl (C=O) groups excluding carboxylic acids is 2. The summed E-state index contributed by atoms with van der Waals surface area (Å²) in [5.74, 6) is 4.83. The maximum absolute atomic E-state index is 11.4. The molecule has 0 aromatic carbocycles. The van der Waals surface area contributed by atoms with Gasteiger partial charge in [0.15, 0.2) is 0 Å². The second kappa shape index (κ2) is 7.08. The number of piperazine rings is 1. The van der Waals surface area contributed by atoms with E-state index in [0.29, 0.717) is 32.7 Å². The van der Waals surface area contributed by atoms with E-state index in [1.807, 2.05) is 0 Å². The van der Waals surface area contributed by atoms with Gasteiger partial charge >= 0.3 is 6.09 Å². The minimum Gasteiger partial charge on any atom is -0.450 e. The first-order chi connectivity index (χ1) is 8.17. The fraction of sp³-hybridized carbons (Fsp3) is 0.800. The highest BCUT2D eigenvalue weighted by atomic mass is 16.6. The van der Waals surface area contributed by atoms with E-state index in [9.17, 15) is 9.59 Å². The van der Waals surface area contributed by atoms with Crippen molar-refractivity contribution in [1.29, 1.82) is 0 Å². The molecule has 0 atom stereocenters. The zero-order valence-electron chi connectivity index (χ0n) is 10.1. The van der Waals surface area contributed by atoms with Crippen molar-refractivity contribution in [2.24, 2.45) is 5.84 Å². The zero-order chi connectivity index (χ0) is 12.7. The van der Waals surface area contributed by atoms with Crippen LogP contribution in [-0.4, -0.2) is 61.1 Å². The summed E-state index contributed by atoms with van der Waals surface area (Å²) < 4.78 is 4.92. The van der Waals surface area contributed by atoms with Gasteiger partial charge in [0.2, 0.25) is 5.91 Å². The SMILES string of the molecule is CCOC(=O)N1CCN(CCC(=O)NN)CC1. The van der Waals surface area contributed by atoms with Crippen LogP contribution in [0.4, 0.5) is 4.79 Å². The molecule has 0 radical (unpaired) electrons. The van der Waals surface area contributed by atoms with Gasteiger partial charge in [-0.3, -0.25) is 15.1 Å². The molecule has 3 N–H and O–H groups in total. The van der Waals surface area contributed by atoms with Gasteiger partial charge in [-0.05, 0) is 6.92 Å². The first-order valence-electron chi connectivity index (χ1n) is 5.81. The molecule has 0 aromatic heterocycles. The number of rotatable bonds is 4. The van der Waals surface area contributed by atoms with Crippen LogP contribution in [0.25, 0.3) is 0 Å². The van der Waals surface area contributed by atoms with Crippen molar-refractivity contribution in [2.45, 2.75) is 13.3 Å². The van der Waals surface area contributed by atoms with Crippen LogP contribution in [0.1, 0.15) is 13.3 Å². The Hall–Kier alpha value is -1.34. The van der Waals surface area contributed by atoms with Crippen molar-refractivity contribution in [1.82, 2.24) is 15.2 Å². The van der Waals surface area contributed by atoms with Gasteiger partial charge in [-0.2, -0.15) is 0 Å². The van der Waals surface area contributed by atoms with Gasteiger partial charge in [0.1, 0.15) is 0 Å². The topological polar surface area (TPSA) is 87.9 Å². The van der Waals surface area contributed by atoms with E-state index in [2.05, 4.69) is 10.3 Å². The van der Waals surface area contributed by atoms with Crippen molar-refractivity contribution >= 4 is 12.0 Å². The molecule has 1 aliphatic rings. The number of hydrogen-bond donors (Lipinski definition) is 2. The van der Waals surface area contributed by atoms with E-state index in [4.69, 9.17) is 10.6 Å². The number of ether oxygens (including phenoxy) is 1. The third-order valence-electron chi connectivity index (χ3n) is 2.71. The van der Waals surface area contributed by atoms with E-state index in [1.165, 1.54) is 0 Å². The smallest absolute Gasteiger partial charge is 0.409 e. The Morgan fingerprint density at radius 1 is 1.29 bits per heavy atom. The number of amides is 2. The second-order valence-corrected chi connectivity index (χ2v) is 3.85. The molecule has 98 valence electrons. The molecule has 1 heterocycles. The van der Waals surface area contributed by atoms with Gasteiger partial charge < -0.3 is 9.64 Å². The van der Waals surface area contributed by atoms with Gasteiger partial charge in [0.05, 0.1) is 6.61 Å². The largest absolute Gasteiger partial charge is 0.450 e. The predicted octanol–water partition coefficient (Wildman–Crippen LogP) is -0.859. The van der Waals surface area contributed by atoms with Crippen LogP contribution in [-0.2, 0) is 9.53 Å². The quantitative estimate of drug-likeness (QED) is 0.382. The fourth-order valence-corrected chi connectivity index (χ4v) is 1.70. The Labute approximate surface area is 101 Å². The molecule has 0 spiro atoms. The van der Waals surface area contributed by atoms with Gasteiger partial charge in [0.25, 0.3) is 0 Å². The predicted molar refractivity (Wildman–Crippen MR) is 62.0 cm³/mol. The maximum atomic E-state index is 11.4. The number of nitrogens with zero attached hydrogens (tertiary/aromatic N) is 2. The summed E-state index contributed by atoms with van der Waals surface area (Å²) in [6.45, 7) is 5.66. The van der Waals surface area contributed by atoms with E-state index in [-0.39, 0.29) is 12.0 Å². The van der Waals surface area contributed by atoms with Crippen LogP contribution >= 0.6 is 0 Å². The van der Waals surface area contributed by atoms with Crippen LogP contribution < -0.4 is 11.3 Å². The Kier molecular flexibility index (Phi) is 5.71. The molecule has 17 heavy (non-hydrogen) atoms. The molecule has 2 amide bonds. The Morgan fingerprint density at radius 2 is 1.94 bits per heavy atom. The van der Waals surface area contributed by atoms with Crippen molar-refractivity contribution in [3.05, 3.63) is 0 Å². The average Bonchev–Trinajstić information content (AvgIpc) is 2.36. The van der Waals surface area contributed by atoms with Crippen LogP contribution in [0.15, 0.2) is 0 Å². The van der Waals surface area contributed by atoms with Crippen molar-refractivity contribution in [2.75, 3.05) is 39.3 Å². The number of carbonyl (C=O) groups is 2. The lowest BCUT2D eigenvalue weighted by molar-refractivity contribution is -0.121. The summed E-state index contributed by atoms with van der Waals surface area (Å²) >= 11 is 0. The third kappa shape index (κ3) is 4.58. The van der Waals surface area contributed by atoms with Gasteiger partial charge in [-0.1, -0.05) is 0 Å². The maximum Gasteiger partial charge on any atom is 0.409 e. The highest BCUT2D eigenvalue weighted by Crippen LogP contribution is 2.04. The highest BCUT2D eigenvalue weighted by Gasteiger charge is 2.21. The van der Waals surface area contributed by atoms with E-state index in [1.54, 1.807) is 11.8 Å². The summed E-state index contributed by atoms with van der Waals surface area (Å²) in [7, 11) is 0. The number of hydrogen-bond acceptors (Lipinski definition) is 5. The lowest BCUT2D eigenvalue weighted by atomic mass is 10.3. The summed E-state index contributed by atoms with van der Waals surface area (Å²) in [5, 5.41) is 0. The molecule has 1 rings (SSSR count). The molecule has 0 bridgehead atoms. The fourth-order valence-electron chi connectivity index (χ4n) is 1.70. The van der Waals surface area contributed by atoms with Gasteiger partial charge in [-0.15, -0.1) is 0 Å². The summed E-state index contributed by atoms with van der Waals surface area (Å²) in [6.07, 6.45) is 0.127.